The highest BCUT2D eigenvalue weighted by molar-refractivity contribution is 9.09. The van der Waals surface area contributed by atoms with Crippen molar-refractivity contribution >= 4 is 15.9 Å². The Bertz CT molecular complexity index is 187. The highest BCUT2D eigenvalue weighted by Gasteiger charge is 2.53. The zero-order valence-corrected chi connectivity index (χ0v) is 9.30. The molecule has 3 atom stereocenters. The fraction of sp³-hybridized carbons (Fsp3) is 1.00. The van der Waals surface area contributed by atoms with E-state index in [4.69, 9.17) is 4.74 Å². The third kappa shape index (κ3) is 0.994. The van der Waals surface area contributed by atoms with Crippen LogP contribution in [-0.2, 0) is 4.74 Å². The van der Waals surface area contributed by atoms with Gasteiger partial charge in [0.15, 0.2) is 0 Å². The molecule has 2 rings (SSSR count). The zero-order chi connectivity index (χ0) is 8.77. The molecule has 0 radical (unpaired) electrons. The van der Waals surface area contributed by atoms with E-state index in [9.17, 15) is 0 Å². The van der Waals surface area contributed by atoms with E-state index in [0.29, 0.717) is 4.83 Å². The molecular formula is C9H16BrNO. The van der Waals surface area contributed by atoms with Crippen LogP contribution in [0.4, 0.5) is 0 Å². The molecule has 12 heavy (non-hydrogen) atoms. The predicted molar refractivity (Wildman–Crippen MR) is 52.4 cm³/mol. The fourth-order valence-corrected chi connectivity index (χ4v) is 3.93. The Balaban J connectivity index is 2.27. The fourth-order valence-electron chi connectivity index (χ4n) is 2.73. The smallest absolute Gasteiger partial charge is 0.133 e. The number of methoxy groups -OCH3 is 1. The Hall–Kier alpha value is 0.400. The van der Waals surface area contributed by atoms with Crippen LogP contribution in [0, 0.1) is 5.92 Å². The lowest BCUT2D eigenvalue weighted by molar-refractivity contribution is -0.106. The molecule has 0 aromatic heterocycles. The van der Waals surface area contributed by atoms with Gasteiger partial charge in [0.1, 0.15) is 5.72 Å². The van der Waals surface area contributed by atoms with Crippen LogP contribution < -0.4 is 0 Å². The second kappa shape index (κ2) is 2.96. The van der Waals surface area contributed by atoms with Gasteiger partial charge < -0.3 is 4.74 Å². The molecule has 0 aromatic carbocycles. The molecule has 0 unspecified atom stereocenters. The molecule has 1 saturated carbocycles. The number of halogens is 1. The quantitative estimate of drug-likeness (QED) is 0.642. The van der Waals surface area contributed by atoms with E-state index in [1.54, 1.807) is 0 Å². The van der Waals surface area contributed by atoms with E-state index in [2.05, 4.69) is 27.9 Å². The van der Waals surface area contributed by atoms with Gasteiger partial charge in [0.25, 0.3) is 0 Å². The van der Waals surface area contributed by atoms with Crippen LogP contribution in [0.1, 0.15) is 19.3 Å². The van der Waals surface area contributed by atoms with Gasteiger partial charge in [-0.2, -0.15) is 0 Å². The first kappa shape index (κ1) is 8.97. The standard InChI is InChI=1S/C9H16BrNO/c1-11-6-7-4-3-5-9(11,12-2)8(7)10/h7-8H,3-6H2,1-2H3/t7-,8-,9+/m1/s1. The van der Waals surface area contributed by atoms with Crippen LogP contribution in [0.5, 0.6) is 0 Å². The Morgan fingerprint density at radius 1 is 1.58 bits per heavy atom. The molecular weight excluding hydrogens is 218 g/mol. The lowest BCUT2D eigenvalue weighted by Gasteiger charge is -2.39. The van der Waals surface area contributed by atoms with Gasteiger partial charge in [0, 0.05) is 13.7 Å². The monoisotopic (exact) mass is 233 g/mol. The Morgan fingerprint density at radius 3 is 2.92 bits per heavy atom. The van der Waals surface area contributed by atoms with Gasteiger partial charge in [-0.05, 0) is 32.2 Å². The summed E-state index contributed by atoms with van der Waals surface area (Å²) in [5.74, 6) is 0.795. The highest BCUT2D eigenvalue weighted by atomic mass is 79.9. The summed E-state index contributed by atoms with van der Waals surface area (Å²) in [6, 6.07) is 0. The van der Waals surface area contributed by atoms with Crippen LogP contribution in [0.25, 0.3) is 0 Å². The van der Waals surface area contributed by atoms with Crippen molar-refractivity contribution in [3.05, 3.63) is 0 Å². The molecule has 2 nitrogen and oxygen atoms in total. The Labute approximate surface area is 82.4 Å². The van der Waals surface area contributed by atoms with Crippen LogP contribution in [0.3, 0.4) is 0 Å². The lowest BCUT2D eigenvalue weighted by Crippen LogP contribution is -2.49. The van der Waals surface area contributed by atoms with Crippen molar-refractivity contribution in [2.75, 3.05) is 20.7 Å². The van der Waals surface area contributed by atoms with Crippen molar-refractivity contribution in [3.8, 4) is 0 Å². The summed E-state index contributed by atoms with van der Waals surface area (Å²) in [6.45, 7) is 1.18. The largest absolute Gasteiger partial charge is 0.362 e. The molecule has 70 valence electrons. The first-order chi connectivity index (χ1) is 5.70. The number of likely N-dealkylation sites (tertiary alicyclic amines) is 1. The maximum Gasteiger partial charge on any atom is 0.133 e. The average molecular weight is 234 g/mol. The Kier molecular flexibility index (Phi) is 2.22. The summed E-state index contributed by atoms with van der Waals surface area (Å²) in [5.41, 5.74) is 0.00289. The van der Waals surface area contributed by atoms with Gasteiger partial charge in [-0.15, -0.1) is 0 Å². The molecule has 2 bridgehead atoms. The van der Waals surface area contributed by atoms with Gasteiger partial charge in [0.05, 0.1) is 4.83 Å². The SMILES string of the molecule is CO[C@]12CCC[C@H](CN1C)[C@H]2Br. The van der Waals surface area contributed by atoms with E-state index < -0.39 is 0 Å². The van der Waals surface area contributed by atoms with Gasteiger partial charge in [-0.25, -0.2) is 0 Å². The van der Waals surface area contributed by atoms with Crippen molar-refractivity contribution in [2.45, 2.75) is 29.8 Å². The summed E-state index contributed by atoms with van der Waals surface area (Å²) >= 11 is 3.77. The molecule has 1 heterocycles. The molecule has 0 amide bonds. The summed E-state index contributed by atoms with van der Waals surface area (Å²) in [6.07, 6.45) is 3.84. The van der Waals surface area contributed by atoms with Crippen molar-refractivity contribution in [3.63, 3.8) is 0 Å². The number of hydrogen-bond donors (Lipinski definition) is 0. The second-order valence-electron chi connectivity index (χ2n) is 3.98. The van der Waals surface area contributed by atoms with Crippen LogP contribution >= 0.6 is 15.9 Å². The van der Waals surface area contributed by atoms with Gasteiger partial charge in [-0.1, -0.05) is 15.9 Å². The third-order valence-corrected chi connectivity index (χ3v) is 4.93. The maximum atomic E-state index is 5.67. The zero-order valence-electron chi connectivity index (χ0n) is 7.72. The summed E-state index contributed by atoms with van der Waals surface area (Å²) in [5, 5.41) is 0. The molecule has 1 saturated heterocycles. The first-order valence-electron chi connectivity index (χ1n) is 4.61. The number of ether oxygens (including phenoxy) is 1. The molecule has 1 aliphatic heterocycles. The van der Waals surface area contributed by atoms with Crippen molar-refractivity contribution < 1.29 is 4.74 Å². The lowest BCUT2D eigenvalue weighted by atomic mass is 9.87. The molecule has 0 spiro atoms. The second-order valence-corrected chi connectivity index (χ2v) is 4.97. The normalized spacial score (nSPS) is 48.2. The number of alkyl halides is 1. The van der Waals surface area contributed by atoms with E-state index >= 15 is 0 Å². The van der Waals surface area contributed by atoms with Crippen molar-refractivity contribution in [2.24, 2.45) is 5.92 Å². The van der Waals surface area contributed by atoms with E-state index in [1.807, 2.05) is 7.11 Å². The molecule has 3 heteroatoms. The van der Waals surface area contributed by atoms with E-state index in [-0.39, 0.29) is 5.72 Å². The first-order valence-corrected chi connectivity index (χ1v) is 5.53. The number of fused-ring (bicyclic) bond motifs is 2. The molecule has 2 fully saturated rings. The third-order valence-electron chi connectivity index (χ3n) is 3.46. The molecule has 2 aliphatic rings. The Morgan fingerprint density at radius 2 is 2.33 bits per heavy atom. The molecule has 0 aromatic rings. The molecule has 1 aliphatic carbocycles. The van der Waals surface area contributed by atoms with Crippen LogP contribution in [0.2, 0.25) is 0 Å². The van der Waals surface area contributed by atoms with Gasteiger partial charge in [-0.3, -0.25) is 4.90 Å². The van der Waals surface area contributed by atoms with Gasteiger partial charge in [0.2, 0.25) is 0 Å². The summed E-state index contributed by atoms with van der Waals surface area (Å²) < 4.78 is 5.67. The van der Waals surface area contributed by atoms with Crippen molar-refractivity contribution in [1.82, 2.24) is 4.90 Å². The van der Waals surface area contributed by atoms with E-state index in [0.717, 1.165) is 5.92 Å². The van der Waals surface area contributed by atoms with Gasteiger partial charge >= 0.3 is 0 Å². The number of rotatable bonds is 1. The summed E-state index contributed by atoms with van der Waals surface area (Å²) in [4.78, 5) is 2.90. The number of nitrogens with zero attached hydrogens (tertiary/aromatic N) is 1. The minimum absolute atomic E-state index is 0.00289. The van der Waals surface area contributed by atoms with Crippen molar-refractivity contribution in [1.29, 1.82) is 0 Å². The molecule has 0 N–H and O–H groups in total. The average Bonchev–Trinajstić information content (AvgIpc) is 2.23. The van der Waals surface area contributed by atoms with E-state index in [1.165, 1.54) is 25.8 Å². The maximum absolute atomic E-state index is 5.67. The predicted octanol–water partition coefficient (Wildman–Crippen LogP) is 1.84. The van der Waals surface area contributed by atoms with Crippen LogP contribution in [0.15, 0.2) is 0 Å². The van der Waals surface area contributed by atoms with Crippen LogP contribution in [-0.4, -0.2) is 36.2 Å². The minimum Gasteiger partial charge on any atom is -0.362 e. The minimum atomic E-state index is 0.00289. The summed E-state index contributed by atoms with van der Waals surface area (Å²) in [7, 11) is 4.00. The number of hydrogen-bond acceptors (Lipinski definition) is 2. The topological polar surface area (TPSA) is 12.5 Å². The highest BCUT2D eigenvalue weighted by Crippen LogP contribution is 2.47.